The lowest BCUT2D eigenvalue weighted by molar-refractivity contribution is 0.0511. The van der Waals surface area contributed by atoms with E-state index in [0.717, 1.165) is 5.76 Å². The molecule has 0 aromatic heterocycles. The van der Waals surface area contributed by atoms with E-state index >= 15 is 0 Å². The summed E-state index contributed by atoms with van der Waals surface area (Å²) in [4.78, 5) is 12.0. The zero-order valence-electron chi connectivity index (χ0n) is 18.0. The van der Waals surface area contributed by atoms with Gasteiger partial charge in [0.1, 0.15) is 0 Å². The molecule has 0 saturated carbocycles. The first-order chi connectivity index (χ1) is 12.8. The lowest BCUT2D eigenvalue weighted by atomic mass is 10.2. The Morgan fingerprint density at radius 2 is 1.56 bits per heavy atom. The van der Waals surface area contributed by atoms with Gasteiger partial charge in [0.25, 0.3) is 8.32 Å². The minimum atomic E-state index is -1.99. The molecule has 0 radical (unpaired) electrons. The number of carbonyl (C=O) groups excluding carboxylic acids is 1. The highest BCUT2D eigenvalue weighted by atomic mass is 28.4. The molecule has 0 spiro atoms. The van der Waals surface area contributed by atoms with E-state index < -0.39 is 8.32 Å². The van der Waals surface area contributed by atoms with Gasteiger partial charge >= 0.3 is 5.97 Å². The first-order valence-corrected chi connectivity index (χ1v) is 12.1. The Morgan fingerprint density at radius 1 is 1.00 bits per heavy atom. The number of allylic oxidation sites excluding steroid dienone is 2. The molecule has 150 valence electrons. The molecule has 0 aliphatic carbocycles. The van der Waals surface area contributed by atoms with E-state index in [2.05, 4.69) is 41.5 Å². The van der Waals surface area contributed by atoms with E-state index in [1.165, 1.54) is 0 Å². The number of hydrogen-bond acceptors (Lipinski definition) is 3. The van der Waals surface area contributed by atoms with Crippen molar-refractivity contribution in [1.29, 1.82) is 0 Å². The van der Waals surface area contributed by atoms with Gasteiger partial charge in [-0.2, -0.15) is 0 Å². The number of ether oxygens (including phenoxy) is 1. The molecular formula is C23H36O3Si. The molecule has 0 N–H and O–H groups in total. The van der Waals surface area contributed by atoms with Crippen LogP contribution in [0.3, 0.4) is 0 Å². The third-order valence-electron chi connectivity index (χ3n) is 5.04. The highest BCUT2D eigenvalue weighted by molar-refractivity contribution is 6.77. The number of carbonyl (C=O) groups is 1. The third-order valence-corrected chi connectivity index (χ3v) is 11.0. The van der Waals surface area contributed by atoms with Crippen molar-refractivity contribution in [2.45, 2.75) is 71.5 Å². The Morgan fingerprint density at radius 3 is 2.04 bits per heavy atom. The number of hydrogen-bond donors (Lipinski definition) is 0. The summed E-state index contributed by atoms with van der Waals surface area (Å²) in [5.41, 5.74) is 2.13. The van der Waals surface area contributed by atoms with Gasteiger partial charge in [0.15, 0.2) is 0 Å². The molecule has 1 aromatic carbocycles. The van der Waals surface area contributed by atoms with Gasteiger partial charge in [-0.1, -0.05) is 65.8 Å². The van der Waals surface area contributed by atoms with E-state index in [9.17, 15) is 4.79 Å². The molecule has 0 atom stereocenters. The quantitative estimate of drug-likeness (QED) is 0.144. The van der Waals surface area contributed by atoms with Crippen LogP contribution in [0, 0.1) is 0 Å². The van der Waals surface area contributed by atoms with Gasteiger partial charge in [-0.05, 0) is 47.8 Å². The van der Waals surface area contributed by atoms with Crippen molar-refractivity contribution < 1.29 is 14.0 Å². The maximum absolute atomic E-state index is 12.0. The lowest BCUT2D eigenvalue weighted by Gasteiger charge is -2.42. The van der Waals surface area contributed by atoms with Crippen molar-refractivity contribution in [2.24, 2.45) is 0 Å². The molecule has 0 aliphatic rings. The SMILES string of the molecule is C/C=C/C(=C\CCOC(=O)c1ccccc1)O[Si](C(C)C)(C(C)C)C(C)C. The van der Waals surface area contributed by atoms with Crippen molar-refractivity contribution in [3.63, 3.8) is 0 Å². The van der Waals surface area contributed by atoms with Gasteiger partial charge in [-0.15, -0.1) is 0 Å². The first-order valence-electron chi connectivity index (χ1n) is 9.99. The zero-order valence-corrected chi connectivity index (χ0v) is 19.0. The highest BCUT2D eigenvalue weighted by Crippen LogP contribution is 2.43. The second-order valence-corrected chi connectivity index (χ2v) is 13.2. The second kappa shape index (κ2) is 11.1. The number of benzene rings is 1. The predicted octanol–water partition coefficient (Wildman–Crippen LogP) is 6.89. The summed E-state index contributed by atoms with van der Waals surface area (Å²) < 4.78 is 12.1. The van der Waals surface area contributed by atoms with Crippen LogP contribution in [0.15, 0.2) is 54.3 Å². The molecule has 1 rings (SSSR count). The van der Waals surface area contributed by atoms with Crippen LogP contribution in [0.25, 0.3) is 0 Å². The Kier molecular flexibility index (Phi) is 9.57. The van der Waals surface area contributed by atoms with E-state index in [1.807, 2.05) is 43.4 Å². The van der Waals surface area contributed by atoms with Gasteiger partial charge in [0, 0.05) is 6.42 Å². The first kappa shape index (κ1) is 23.2. The molecule has 0 saturated heterocycles. The summed E-state index contributed by atoms with van der Waals surface area (Å²) in [7, 11) is -1.99. The van der Waals surface area contributed by atoms with Crippen LogP contribution in [-0.2, 0) is 9.16 Å². The molecular weight excluding hydrogens is 352 g/mol. The van der Waals surface area contributed by atoms with E-state index in [0.29, 0.717) is 35.2 Å². The van der Waals surface area contributed by atoms with Crippen molar-refractivity contribution in [3.05, 3.63) is 59.9 Å². The van der Waals surface area contributed by atoms with Crippen LogP contribution >= 0.6 is 0 Å². The summed E-state index contributed by atoms with van der Waals surface area (Å²) in [6.07, 6.45) is 6.71. The van der Waals surface area contributed by atoms with E-state index in [4.69, 9.17) is 9.16 Å². The molecule has 1 aromatic rings. The van der Waals surface area contributed by atoms with Crippen molar-refractivity contribution in [2.75, 3.05) is 6.61 Å². The number of esters is 1. The largest absolute Gasteiger partial charge is 0.543 e. The summed E-state index contributed by atoms with van der Waals surface area (Å²) in [6.45, 7) is 16.0. The fourth-order valence-electron chi connectivity index (χ4n) is 3.88. The fourth-order valence-corrected chi connectivity index (χ4v) is 9.14. The maximum Gasteiger partial charge on any atom is 0.338 e. The normalized spacial score (nSPS) is 13.0. The molecule has 27 heavy (non-hydrogen) atoms. The van der Waals surface area contributed by atoms with Crippen LogP contribution in [0.1, 0.15) is 65.2 Å². The summed E-state index contributed by atoms with van der Waals surface area (Å²) >= 11 is 0. The Bertz CT molecular complexity index is 609. The van der Waals surface area contributed by atoms with E-state index in [1.54, 1.807) is 12.1 Å². The maximum atomic E-state index is 12.0. The molecule has 0 bridgehead atoms. The Hall–Kier alpha value is -1.81. The van der Waals surface area contributed by atoms with Crippen molar-refractivity contribution in [1.82, 2.24) is 0 Å². The Balaban J connectivity index is 2.80. The lowest BCUT2D eigenvalue weighted by Crippen LogP contribution is -2.47. The van der Waals surface area contributed by atoms with Crippen LogP contribution < -0.4 is 0 Å². The molecule has 3 nitrogen and oxygen atoms in total. The molecule has 0 aliphatic heterocycles. The van der Waals surface area contributed by atoms with Crippen LogP contribution in [0.4, 0.5) is 0 Å². The van der Waals surface area contributed by atoms with Gasteiger partial charge < -0.3 is 9.16 Å². The zero-order chi connectivity index (χ0) is 20.4. The van der Waals surface area contributed by atoms with Crippen molar-refractivity contribution >= 4 is 14.3 Å². The fraction of sp³-hybridized carbons (Fsp3) is 0.522. The van der Waals surface area contributed by atoms with Crippen LogP contribution in [0.5, 0.6) is 0 Å². The van der Waals surface area contributed by atoms with Crippen molar-refractivity contribution in [3.8, 4) is 0 Å². The highest BCUT2D eigenvalue weighted by Gasteiger charge is 2.47. The molecule has 0 fully saturated rings. The Labute approximate surface area is 166 Å². The van der Waals surface area contributed by atoms with Gasteiger partial charge in [-0.3, -0.25) is 0 Å². The molecule has 0 heterocycles. The van der Waals surface area contributed by atoms with Crippen LogP contribution in [-0.4, -0.2) is 20.9 Å². The molecule has 4 heteroatoms. The minimum absolute atomic E-state index is 0.284. The van der Waals surface area contributed by atoms with Gasteiger partial charge in [-0.25, -0.2) is 4.79 Å². The monoisotopic (exact) mass is 388 g/mol. The summed E-state index contributed by atoms with van der Waals surface area (Å²) in [5.74, 6) is 0.615. The average molecular weight is 389 g/mol. The topological polar surface area (TPSA) is 35.5 Å². The summed E-state index contributed by atoms with van der Waals surface area (Å²) in [6, 6.07) is 9.08. The smallest absolute Gasteiger partial charge is 0.338 e. The predicted molar refractivity (Wildman–Crippen MR) is 116 cm³/mol. The van der Waals surface area contributed by atoms with Gasteiger partial charge in [0.2, 0.25) is 0 Å². The minimum Gasteiger partial charge on any atom is -0.543 e. The standard InChI is InChI=1S/C23H36O3Si/c1-8-13-22(26-27(18(2)3,19(4)5)20(6)7)16-12-17-25-23(24)21-14-10-9-11-15-21/h8-11,13-16,18-20H,12,17H2,1-7H3/b13-8+,22-16+. The molecule has 0 amide bonds. The second-order valence-electron chi connectivity index (χ2n) is 7.82. The number of rotatable bonds is 10. The van der Waals surface area contributed by atoms with Gasteiger partial charge in [0.05, 0.1) is 17.9 Å². The van der Waals surface area contributed by atoms with E-state index in [-0.39, 0.29) is 5.97 Å². The summed E-state index contributed by atoms with van der Waals surface area (Å²) in [5, 5.41) is 0. The van der Waals surface area contributed by atoms with Crippen LogP contribution in [0.2, 0.25) is 16.6 Å². The molecule has 0 unspecified atom stereocenters. The third kappa shape index (κ3) is 6.38. The average Bonchev–Trinajstić information content (AvgIpc) is 2.62.